The maximum absolute atomic E-state index is 11.1. The molecule has 15 heavy (non-hydrogen) atoms. The Kier molecular flexibility index (Phi) is 3.62. The number of carbonyl (C=O) groups is 1. The van der Waals surface area contributed by atoms with Crippen LogP contribution in [0.5, 0.6) is 0 Å². The Bertz CT molecular complexity index is 459. The van der Waals surface area contributed by atoms with Crippen LogP contribution in [0, 0.1) is 0 Å². The summed E-state index contributed by atoms with van der Waals surface area (Å²) in [6, 6.07) is 8.80. The monoisotopic (exact) mass is 226 g/mol. The summed E-state index contributed by atoms with van der Waals surface area (Å²) in [5.74, 6) is -2.23. The molecule has 4 nitrogen and oxygen atoms in total. The highest BCUT2D eigenvalue weighted by Gasteiger charge is 2.11. The van der Waals surface area contributed by atoms with E-state index < -0.39 is 21.6 Å². The summed E-state index contributed by atoms with van der Waals surface area (Å²) in [4.78, 5) is 10.2. The third-order valence-corrected chi connectivity index (χ3v) is 2.79. The van der Waals surface area contributed by atoms with Crippen molar-refractivity contribution in [2.75, 3.05) is 5.75 Å². The van der Waals surface area contributed by atoms with Gasteiger partial charge in [0.25, 0.3) is 0 Å². The van der Waals surface area contributed by atoms with Gasteiger partial charge in [0.05, 0.1) is 0 Å². The average molecular weight is 226 g/mol. The summed E-state index contributed by atoms with van der Waals surface area (Å²) >= 11 is 0. The molecule has 1 aromatic carbocycles. The van der Waals surface area contributed by atoms with Crippen LogP contribution in [0.2, 0.25) is 0 Å². The molecule has 0 atom stereocenters. The van der Waals surface area contributed by atoms with E-state index in [1.807, 2.05) is 6.07 Å². The zero-order valence-electron chi connectivity index (χ0n) is 7.83. The molecule has 0 fully saturated rings. The first-order valence-corrected chi connectivity index (χ1v) is 5.89. The van der Waals surface area contributed by atoms with Crippen molar-refractivity contribution in [1.82, 2.24) is 0 Å². The van der Waals surface area contributed by atoms with E-state index in [1.54, 1.807) is 24.3 Å². The van der Waals surface area contributed by atoms with E-state index in [0.717, 1.165) is 5.41 Å². The molecule has 80 valence electrons. The number of hydrogen-bond acceptors (Lipinski definition) is 3. The van der Waals surface area contributed by atoms with Crippen LogP contribution in [0.1, 0.15) is 5.56 Å². The second kappa shape index (κ2) is 4.75. The van der Waals surface area contributed by atoms with Gasteiger partial charge in [-0.15, -0.1) is 0 Å². The lowest BCUT2D eigenvalue weighted by atomic mass is 10.2. The van der Waals surface area contributed by atoms with Crippen molar-refractivity contribution in [2.24, 2.45) is 0 Å². The van der Waals surface area contributed by atoms with Crippen LogP contribution in [0.4, 0.5) is 0 Å². The minimum Gasteiger partial charge on any atom is -0.480 e. The maximum atomic E-state index is 11.1. The van der Waals surface area contributed by atoms with Crippen molar-refractivity contribution < 1.29 is 18.3 Å². The molecule has 0 aromatic heterocycles. The van der Waals surface area contributed by atoms with E-state index in [0.29, 0.717) is 5.56 Å². The van der Waals surface area contributed by atoms with Crippen molar-refractivity contribution in [2.45, 2.75) is 0 Å². The third-order valence-electron chi connectivity index (χ3n) is 1.59. The molecule has 0 amide bonds. The fourth-order valence-electron chi connectivity index (χ4n) is 0.967. The first-order valence-electron chi connectivity index (χ1n) is 4.17. The number of rotatable bonds is 4. The van der Waals surface area contributed by atoms with Crippen molar-refractivity contribution >= 4 is 21.9 Å². The molecule has 0 bridgehead atoms. The minimum absolute atomic E-state index is 0.714. The largest absolute Gasteiger partial charge is 0.480 e. The van der Waals surface area contributed by atoms with E-state index in [-0.39, 0.29) is 0 Å². The molecule has 0 aliphatic heterocycles. The summed E-state index contributed by atoms with van der Waals surface area (Å²) in [5, 5.41) is 9.25. The van der Waals surface area contributed by atoms with Crippen molar-refractivity contribution in [1.29, 1.82) is 0 Å². The highest BCUT2D eigenvalue weighted by Crippen LogP contribution is 2.03. The van der Waals surface area contributed by atoms with Gasteiger partial charge < -0.3 is 5.11 Å². The predicted molar refractivity (Wildman–Crippen MR) is 56.9 cm³/mol. The van der Waals surface area contributed by atoms with Gasteiger partial charge in [-0.2, -0.15) is 0 Å². The van der Waals surface area contributed by atoms with Crippen molar-refractivity contribution in [3.8, 4) is 0 Å². The van der Waals surface area contributed by atoms with Crippen LogP contribution < -0.4 is 0 Å². The minimum atomic E-state index is -3.66. The highest BCUT2D eigenvalue weighted by atomic mass is 32.2. The lowest BCUT2D eigenvalue weighted by Crippen LogP contribution is -2.12. The van der Waals surface area contributed by atoms with Crippen molar-refractivity contribution in [3.63, 3.8) is 0 Å². The normalized spacial score (nSPS) is 11.7. The van der Waals surface area contributed by atoms with Gasteiger partial charge in [-0.1, -0.05) is 30.3 Å². The molecule has 0 saturated carbocycles. The maximum Gasteiger partial charge on any atom is 0.319 e. The molecule has 0 spiro atoms. The number of carboxylic acids is 1. The van der Waals surface area contributed by atoms with Gasteiger partial charge >= 0.3 is 5.97 Å². The van der Waals surface area contributed by atoms with Gasteiger partial charge in [0, 0.05) is 5.41 Å². The topological polar surface area (TPSA) is 71.4 Å². The smallest absolute Gasteiger partial charge is 0.319 e. The first-order chi connectivity index (χ1) is 6.99. The van der Waals surface area contributed by atoms with Gasteiger partial charge in [0.1, 0.15) is 0 Å². The molecule has 5 heteroatoms. The molecule has 0 unspecified atom stereocenters. The standard InChI is InChI=1S/C10H10O4S/c11-10(12)8-15(13,14)7-6-9-4-2-1-3-5-9/h1-7H,8H2,(H,11,12)/b7-6+. The Morgan fingerprint density at radius 3 is 2.40 bits per heavy atom. The zero-order valence-corrected chi connectivity index (χ0v) is 8.65. The molecule has 1 N–H and O–H groups in total. The molecule has 0 aliphatic carbocycles. The molecular weight excluding hydrogens is 216 g/mol. The Morgan fingerprint density at radius 1 is 1.27 bits per heavy atom. The van der Waals surface area contributed by atoms with Gasteiger partial charge in [-0.25, -0.2) is 8.42 Å². The van der Waals surface area contributed by atoms with Gasteiger partial charge in [0.2, 0.25) is 0 Å². The van der Waals surface area contributed by atoms with E-state index >= 15 is 0 Å². The first kappa shape index (κ1) is 11.5. The number of carboxylic acid groups (broad SMARTS) is 1. The van der Waals surface area contributed by atoms with Gasteiger partial charge in [0.15, 0.2) is 15.6 Å². The van der Waals surface area contributed by atoms with Crippen LogP contribution in [0.25, 0.3) is 6.08 Å². The summed E-state index contributed by atoms with van der Waals surface area (Å²) in [7, 11) is -3.66. The van der Waals surface area contributed by atoms with Crippen molar-refractivity contribution in [3.05, 3.63) is 41.3 Å². The summed E-state index contributed by atoms with van der Waals surface area (Å²) in [5.41, 5.74) is 0.714. The second-order valence-electron chi connectivity index (χ2n) is 2.91. The molecule has 1 aromatic rings. The van der Waals surface area contributed by atoms with Gasteiger partial charge in [-0.3, -0.25) is 4.79 Å². The van der Waals surface area contributed by atoms with Crippen LogP contribution in [0.15, 0.2) is 35.7 Å². The van der Waals surface area contributed by atoms with Crippen LogP contribution in [-0.2, 0) is 14.6 Å². The van der Waals surface area contributed by atoms with Crippen LogP contribution in [-0.4, -0.2) is 25.2 Å². The van der Waals surface area contributed by atoms with Gasteiger partial charge in [-0.05, 0) is 11.6 Å². The van der Waals surface area contributed by atoms with E-state index in [2.05, 4.69) is 0 Å². The Labute approximate surface area is 87.8 Å². The number of sulfone groups is 1. The molecule has 0 heterocycles. The lowest BCUT2D eigenvalue weighted by molar-refractivity contribution is -0.134. The number of aliphatic carboxylic acids is 1. The van der Waals surface area contributed by atoms with Crippen LogP contribution >= 0.6 is 0 Å². The quantitative estimate of drug-likeness (QED) is 0.836. The zero-order chi connectivity index (χ0) is 11.3. The third kappa shape index (κ3) is 4.42. The number of hydrogen-bond donors (Lipinski definition) is 1. The molecular formula is C10H10O4S. The Balaban J connectivity index is 2.78. The fraction of sp³-hybridized carbons (Fsp3) is 0.100. The van der Waals surface area contributed by atoms with E-state index in [9.17, 15) is 13.2 Å². The highest BCUT2D eigenvalue weighted by molar-refractivity contribution is 7.95. The molecule has 0 saturated heterocycles. The second-order valence-corrected chi connectivity index (χ2v) is 4.80. The summed E-state index contributed by atoms with van der Waals surface area (Å²) in [6.45, 7) is 0. The SMILES string of the molecule is O=C(O)CS(=O)(=O)/C=C/c1ccccc1. The Hall–Kier alpha value is -1.62. The average Bonchev–Trinajstić information content (AvgIpc) is 2.15. The van der Waals surface area contributed by atoms with E-state index in [4.69, 9.17) is 5.11 Å². The number of benzene rings is 1. The summed E-state index contributed by atoms with van der Waals surface area (Å²) < 4.78 is 22.3. The predicted octanol–water partition coefficient (Wildman–Crippen LogP) is 1.16. The fourth-order valence-corrected chi connectivity index (χ4v) is 1.77. The molecule has 0 radical (unpaired) electrons. The molecule has 1 rings (SSSR count). The lowest BCUT2D eigenvalue weighted by Gasteiger charge is -1.93. The summed E-state index contributed by atoms with van der Waals surface area (Å²) in [6.07, 6.45) is 1.37. The van der Waals surface area contributed by atoms with E-state index in [1.165, 1.54) is 6.08 Å². The van der Waals surface area contributed by atoms with Crippen LogP contribution in [0.3, 0.4) is 0 Å². The molecule has 0 aliphatic rings. The Morgan fingerprint density at radius 2 is 1.87 bits per heavy atom.